The van der Waals surface area contributed by atoms with Crippen molar-refractivity contribution in [1.82, 2.24) is 0 Å². The van der Waals surface area contributed by atoms with Crippen molar-refractivity contribution in [3.05, 3.63) is 23.8 Å². The molecule has 22 heavy (non-hydrogen) atoms. The van der Waals surface area contributed by atoms with Crippen molar-refractivity contribution in [2.75, 3.05) is 11.9 Å². The Hall–Kier alpha value is -2.06. The van der Waals surface area contributed by atoms with Gasteiger partial charge in [0.2, 0.25) is 0 Å². The second-order valence-electron chi connectivity index (χ2n) is 5.46. The summed E-state index contributed by atoms with van der Waals surface area (Å²) in [5.41, 5.74) is -0.0846. The first kappa shape index (κ1) is 18.0. The normalized spacial score (nSPS) is 13.3. The van der Waals surface area contributed by atoms with Crippen LogP contribution in [0.1, 0.15) is 46.6 Å². The Morgan fingerprint density at radius 2 is 2.09 bits per heavy atom. The van der Waals surface area contributed by atoms with Crippen LogP contribution >= 0.6 is 0 Å². The third-order valence-electron chi connectivity index (χ3n) is 3.35. The Balaban J connectivity index is 2.98. The SMILES string of the molecule is CCO[C@](C)(CC)C(=O)Nc1ccc(OC(C)C)cc1C#N. The van der Waals surface area contributed by atoms with Crippen LogP contribution in [0.2, 0.25) is 0 Å². The molecule has 0 fully saturated rings. The highest BCUT2D eigenvalue weighted by Crippen LogP contribution is 2.25. The van der Waals surface area contributed by atoms with Crippen molar-refractivity contribution in [3.8, 4) is 11.8 Å². The lowest BCUT2D eigenvalue weighted by Gasteiger charge is -2.27. The minimum absolute atomic E-state index is 0.0216. The van der Waals surface area contributed by atoms with Crippen LogP contribution in [0, 0.1) is 11.3 Å². The molecule has 0 bridgehead atoms. The van der Waals surface area contributed by atoms with Gasteiger partial charge in [-0.1, -0.05) is 6.92 Å². The van der Waals surface area contributed by atoms with Crippen molar-refractivity contribution in [1.29, 1.82) is 5.26 Å². The lowest BCUT2D eigenvalue weighted by Crippen LogP contribution is -2.42. The van der Waals surface area contributed by atoms with Crippen LogP contribution in [-0.2, 0) is 9.53 Å². The molecule has 1 atom stereocenters. The van der Waals surface area contributed by atoms with Gasteiger partial charge in [0.05, 0.1) is 17.4 Å². The van der Waals surface area contributed by atoms with Crippen LogP contribution in [0.5, 0.6) is 5.75 Å². The molecule has 1 aromatic rings. The quantitative estimate of drug-likeness (QED) is 0.837. The maximum absolute atomic E-state index is 12.4. The molecule has 5 nitrogen and oxygen atoms in total. The summed E-state index contributed by atoms with van der Waals surface area (Å²) in [5, 5.41) is 12.0. The maximum atomic E-state index is 12.4. The van der Waals surface area contributed by atoms with Gasteiger partial charge in [0.1, 0.15) is 17.4 Å². The minimum Gasteiger partial charge on any atom is -0.491 e. The average Bonchev–Trinajstić information content (AvgIpc) is 2.48. The topological polar surface area (TPSA) is 71.3 Å². The molecular formula is C17H24N2O3. The van der Waals surface area contributed by atoms with Gasteiger partial charge >= 0.3 is 0 Å². The van der Waals surface area contributed by atoms with E-state index in [2.05, 4.69) is 11.4 Å². The molecule has 0 saturated heterocycles. The van der Waals surface area contributed by atoms with Crippen LogP contribution in [-0.4, -0.2) is 24.2 Å². The molecule has 1 rings (SSSR count). The first-order valence-electron chi connectivity index (χ1n) is 7.52. The number of carbonyl (C=O) groups is 1. The van der Waals surface area contributed by atoms with Crippen molar-refractivity contribution < 1.29 is 14.3 Å². The van der Waals surface area contributed by atoms with Crippen molar-refractivity contribution in [3.63, 3.8) is 0 Å². The summed E-state index contributed by atoms with van der Waals surface area (Å²) in [6.07, 6.45) is 0.566. The van der Waals surface area contributed by atoms with Crippen LogP contribution in [0.15, 0.2) is 18.2 Å². The predicted molar refractivity (Wildman–Crippen MR) is 85.9 cm³/mol. The molecule has 0 unspecified atom stereocenters. The van der Waals surface area contributed by atoms with Crippen LogP contribution < -0.4 is 10.1 Å². The summed E-state index contributed by atoms with van der Waals surface area (Å²) < 4.78 is 11.1. The fraction of sp³-hybridized carbons (Fsp3) is 0.529. The van der Waals surface area contributed by atoms with Crippen LogP contribution in [0.25, 0.3) is 0 Å². The molecule has 0 spiro atoms. The molecule has 0 aromatic heterocycles. The van der Waals surface area contributed by atoms with E-state index in [4.69, 9.17) is 9.47 Å². The number of nitrogens with zero attached hydrogens (tertiary/aromatic N) is 1. The maximum Gasteiger partial charge on any atom is 0.256 e. The summed E-state index contributed by atoms with van der Waals surface area (Å²) in [6, 6.07) is 7.12. The Labute approximate surface area is 132 Å². The number of anilines is 1. The zero-order valence-corrected chi connectivity index (χ0v) is 13.9. The summed E-state index contributed by atoms with van der Waals surface area (Å²) in [7, 11) is 0. The first-order chi connectivity index (χ1) is 10.4. The molecule has 0 aliphatic carbocycles. The lowest BCUT2D eigenvalue weighted by atomic mass is 10.0. The molecular weight excluding hydrogens is 280 g/mol. The molecule has 0 aliphatic rings. The van der Waals surface area contributed by atoms with Crippen LogP contribution in [0.4, 0.5) is 5.69 Å². The monoisotopic (exact) mass is 304 g/mol. The van der Waals surface area contributed by atoms with Gasteiger partial charge in [0.15, 0.2) is 0 Å². The van der Waals surface area contributed by atoms with E-state index in [1.165, 1.54) is 0 Å². The predicted octanol–water partition coefficient (Wildman–Crippen LogP) is 3.49. The zero-order chi connectivity index (χ0) is 16.8. The van der Waals surface area contributed by atoms with Gasteiger partial charge in [-0.05, 0) is 46.2 Å². The van der Waals surface area contributed by atoms with Gasteiger partial charge in [0, 0.05) is 12.7 Å². The Bertz CT molecular complexity index is 564. The third-order valence-corrected chi connectivity index (χ3v) is 3.35. The van der Waals surface area contributed by atoms with Crippen LogP contribution in [0.3, 0.4) is 0 Å². The smallest absolute Gasteiger partial charge is 0.256 e. The van der Waals surface area contributed by atoms with Gasteiger partial charge in [0.25, 0.3) is 5.91 Å². The number of hydrogen-bond acceptors (Lipinski definition) is 4. The number of hydrogen-bond donors (Lipinski definition) is 1. The Morgan fingerprint density at radius 1 is 1.41 bits per heavy atom. The van der Waals surface area contributed by atoms with E-state index in [0.29, 0.717) is 30.0 Å². The fourth-order valence-electron chi connectivity index (χ4n) is 1.97. The van der Waals surface area contributed by atoms with E-state index in [1.807, 2.05) is 27.7 Å². The van der Waals surface area contributed by atoms with E-state index in [-0.39, 0.29) is 12.0 Å². The molecule has 1 aromatic carbocycles. The molecule has 1 amide bonds. The molecule has 120 valence electrons. The molecule has 0 heterocycles. The number of nitrogens with one attached hydrogen (secondary N) is 1. The van der Waals surface area contributed by atoms with E-state index in [0.717, 1.165) is 0 Å². The second-order valence-corrected chi connectivity index (χ2v) is 5.46. The largest absolute Gasteiger partial charge is 0.491 e. The Kier molecular flexibility index (Phi) is 6.39. The highest BCUT2D eigenvalue weighted by atomic mass is 16.5. The van der Waals surface area contributed by atoms with Gasteiger partial charge in [-0.2, -0.15) is 5.26 Å². The first-order valence-corrected chi connectivity index (χ1v) is 7.52. The summed E-state index contributed by atoms with van der Waals surface area (Å²) >= 11 is 0. The van der Waals surface area contributed by atoms with Crippen molar-refractivity contribution >= 4 is 11.6 Å². The molecule has 1 N–H and O–H groups in total. The van der Waals surface area contributed by atoms with E-state index in [1.54, 1.807) is 25.1 Å². The third kappa shape index (κ3) is 4.47. The fourth-order valence-corrected chi connectivity index (χ4v) is 1.97. The van der Waals surface area contributed by atoms with Crippen molar-refractivity contribution in [2.24, 2.45) is 0 Å². The average molecular weight is 304 g/mol. The zero-order valence-electron chi connectivity index (χ0n) is 13.9. The van der Waals surface area contributed by atoms with Gasteiger partial charge < -0.3 is 14.8 Å². The minimum atomic E-state index is -0.908. The standard InChI is InChI=1S/C17H24N2O3/c1-6-17(5,21-7-2)16(20)19-15-9-8-14(22-12(3)4)10-13(15)11-18/h8-10,12H,6-7H2,1-5H3,(H,19,20)/t17-/m1/s1. The summed E-state index contributed by atoms with van der Waals surface area (Å²) in [4.78, 5) is 12.4. The van der Waals surface area contributed by atoms with E-state index < -0.39 is 5.60 Å². The molecule has 5 heteroatoms. The number of benzene rings is 1. The Morgan fingerprint density at radius 3 is 2.59 bits per heavy atom. The molecule has 0 aliphatic heterocycles. The van der Waals surface area contributed by atoms with E-state index >= 15 is 0 Å². The number of rotatable bonds is 7. The number of amides is 1. The molecule has 0 saturated carbocycles. The number of carbonyl (C=O) groups excluding carboxylic acids is 1. The van der Waals surface area contributed by atoms with Crippen molar-refractivity contribution in [2.45, 2.75) is 52.7 Å². The van der Waals surface area contributed by atoms with Gasteiger partial charge in [-0.15, -0.1) is 0 Å². The highest BCUT2D eigenvalue weighted by molar-refractivity contribution is 5.98. The van der Waals surface area contributed by atoms with Gasteiger partial charge in [-0.3, -0.25) is 4.79 Å². The highest BCUT2D eigenvalue weighted by Gasteiger charge is 2.32. The second kappa shape index (κ2) is 7.81. The number of ether oxygens (including phenoxy) is 2. The van der Waals surface area contributed by atoms with Gasteiger partial charge in [-0.25, -0.2) is 0 Å². The van der Waals surface area contributed by atoms with E-state index in [9.17, 15) is 10.1 Å². The summed E-state index contributed by atoms with van der Waals surface area (Å²) in [5.74, 6) is 0.346. The molecule has 0 radical (unpaired) electrons. The number of nitriles is 1. The summed E-state index contributed by atoms with van der Waals surface area (Å²) in [6.45, 7) is 9.76. The lowest BCUT2D eigenvalue weighted by molar-refractivity contribution is -0.139.